The summed E-state index contributed by atoms with van der Waals surface area (Å²) in [6.07, 6.45) is -21.6. The quantitative estimate of drug-likeness (QED) is 0.0531. The first kappa shape index (κ1) is 46.8. The first-order chi connectivity index (χ1) is 30.6. The average molecular weight is 906 g/mol. The molecule has 3 saturated heterocycles. The van der Waals surface area contributed by atoms with Gasteiger partial charge in [-0.05, 0) is 48.0 Å². The number of ether oxygens (including phenoxy) is 8. The van der Waals surface area contributed by atoms with E-state index < -0.39 is 124 Å². The number of phenols is 2. The van der Waals surface area contributed by atoms with Gasteiger partial charge in [0, 0.05) is 18.2 Å². The molecule has 64 heavy (non-hydrogen) atoms. The van der Waals surface area contributed by atoms with Crippen LogP contribution in [0.5, 0.6) is 11.5 Å². The molecule has 1 unspecified atom stereocenters. The summed E-state index contributed by atoms with van der Waals surface area (Å²) >= 11 is 0. The lowest BCUT2D eigenvalue weighted by molar-refractivity contribution is -0.363. The number of fused-ring (bicyclic) bond motifs is 1. The number of rotatable bonds is 13. The van der Waals surface area contributed by atoms with E-state index in [1.54, 1.807) is 0 Å². The number of carbonyl (C=O) groups is 1. The average Bonchev–Trinajstić information content (AvgIpc) is 3.28. The van der Waals surface area contributed by atoms with Crippen molar-refractivity contribution >= 4 is 17.8 Å². The molecule has 22 heteroatoms. The Morgan fingerprint density at radius 1 is 0.641 bits per heavy atom. The van der Waals surface area contributed by atoms with Gasteiger partial charge < -0.3 is 104 Å². The first-order valence-electron chi connectivity index (χ1n) is 19.9. The highest BCUT2D eigenvalue weighted by atomic mass is 16.8. The molecule has 0 saturated carbocycles. The van der Waals surface area contributed by atoms with Crippen molar-refractivity contribution in [1.29, 1.82) is 0 Å². The summed E-state index contributed by atoms with van der Waals surface area (Å²) < 4.78 is 45.4. The van der Waals surface area contributed by atoms with Gasteiger partial charge in [-0.3, -0.25) is 0 Å². The summed E-state index contributed by atoms with van der Waals surface area (Å²) in [5.41, 5.74) is 0.949. The zero-order chi connectivity index (χ0) is 46.0. The van der Waals surface area contributed by atoms with Gasteiger partial charge in [0.25, 0.3) is 0 Å². The summed E-state index contributed by atoms with van der Waals surface area (Å²) in [7, 11) is 0. The van der Waals surface area contributed by atoms with E-state index in [1.807, 2.05) is 0 Å². The Kier molecular flexibility index (Phi) is 14.6. The number of benzene rings is 2. The molecule has 0 amide bonds. The van der Waals surface area contributed by atoms with Gasteiger partial charge in [-0.2, -0.15) is 0 Å². The summed E-state index contributed by atoms with van der Waals surface area (Å²) in [4.78, 5) is 12.8. The molecule has 22 nitrogen and oxygen atoms in total. The van der Waals surface area contributed by atoms with Crippen molar-refractivity contribution in [2.75, 3.05) is 19.8 Å². The second-order valence-electron chi connectivity index (χ2n) is 15.3. The lowest BCUT2D eigenvalue weighted by Gasteiger charge is -2.46. The Hall–Kier alpha value is -5.15. The predicted octanol–water partition coefficient (Wildman–Crippen LogP) is -3.34. The smallest absolute Gasteiger partial charge is 0.330 e. The minimum atomic E-state index is -2.01. The van der Waals surface area contributed by atoms with Gasteiger partial charge in [0.1, 0.15) is 96.8 Å². The van der Waals surface area contributed by atoms with Crippen LogP contribution in [-0.2, 0) is 38.0 Å². The van der Waals surface area contributed by atoms with E-state index in [1.165, 1.54) is 66.8 Å². The molecule has 3 fully saturated rings. The molecule has 7 rings (SSSR count). The number of hydrogen-bond donors (Lipinski definition) is 13. The van der Waals surface area contributed by atoms with Gasteiger partial charge in [0.2, 0.25) is 24.4 Å². The van der Waals surface area contributed by atoms with Gasteiger partial charge in [-0.1, -0.05) is 12.1 Å². The first-order valence-corrected chi connectivity index (χ1v) is 19.9. The molecule has 5 aliphatic rings. The van der Waals surface area contributed by atoms with Gasteiger partial charge in [0.05, 0.1) is 30.4 Å². The molecular formula is C42H49O22+. The van der Waals surface area contributed by atoms with Crippen molar-refractivity contribution in [2.24, 2.45) is 0 Å². The van der Waals surface area contributed by atoms with Crippen LogP contribution in [0, 0.1) is 0 Å². The second-order valence-corrected chi connectivity index (χ2v) is 15.3. The molecule has 0 bridgehead atoms. The van der Waals surface area contributed by atoms with Crippen LogP contribution in [0.2, 0.25) is 0 Å². The summed E-state index contributed by atoms with van der Waals surface area (Å²) in [6, 6.07) is 11.4. The van der Waals surface area contributed by atoms with Gasteiger partial charge in [0.15, 0.2) is 12.4 Å². The van der Waals surface area contributed by atoms with Crippen molar-refractivity contribution in [1.82, 2.24) is 0 Å². The number of aromatic hydroxyl groups is 2. The molecule has 4 aliphatic heterocycles. The van der Waals surface area contributed by atoms with Crippen molar-refractivity contribution in [2.45, 2.75) is 98.2 Å². The molecule has 2 aromatic rings. The Labute approximate surface area is 362 Å². The molecule has 2 aromatic carbocycles. The minimum Gasteiger partial charge on any atom is -0.571 e. The van der Waals surface area contributed by atoms with E-state index in [9.17, 15) is 71.2 Å². The van der Waals surface area contributed by atoms with Crippen LogP contribution in [0.4, 0.5) is 0 Å². The Bertz CT molecular complexity index is 2100. The lowest BCUT2D eigenvalue weighted by atomic mass is 9.96. The molecule has 0 radical (unpaired) electrons. The van der Waals surface area contributed by atoms with Crippen molar-refractivity contribution in [3.8, 4) is 11.5 Å². The van der Waals surface area contributed by atoms with Crippen LogP contribution in [-0.4, -0.2) is 195 Å². The van der Waals surface area contributed by atoms with Crippen LogP contribution >= 0.6 is 0 Å². The van der Waals surface area contributed by atoms with Gasteiger partial charge in [-0.15, -0.1) is 0 Å². The number of hydrogen-bond acceptors (Lipinski definition) is 21. The third kappa shape index (κ3) is 10.0. The standard InChI is InChI=1S/C42H48O22/c43-14-26-30(49)33(52)36(55)40(61-26)59-24-12-21(47)11-23-22(24)13-25(38(58-23)18-4-8-20(46)9-5-18)60-42-39(64-41-37(56)34(53)31(50)27(15-44)62-41)35(54)32(51)28(63-42)16-57-29(48)10-3-17-1-6-19(45)7-2-17/h1-13,23,26-28,30-37,39-47,49-56H,14-16H2/p+1/b10-3+/t23?,26-,27-,28-,30-,31-,32-,33+,34+,35+,36-,37-,39-,40-,41+,42-/m1/s1. The topological polar surface area (TPSA) is 357 Å². The Morgan fingerprint density at radius 2 is 1.20 bits per heavy atom. The summed E-state index contributed by atoms with van der Waals surface area (Å²) in [6.45, 7) is -2.29. The van der Waals surface area contributed by atoms with E-state index >= 15 is 0 Å². The highest BCUT2D eigenvalue weighted by molar-refractivity contribution is 5.87. The maximum atomic E-state index is 12.8. The largest absolute Gasteiger partial charge is 0.571 e. The number of allylic oxidation sites excluding steroid dienone is 2. The fourth-order valence-electron chi connectivity index (χ4n) is 7.36. The normalized spacial score (nSPS) is 36.6. The third-order valence-electron chi connectivity index (χ3n) is 11.0. The van der Waals surface area contributed by atoms with Crippen molar-refractivity contribution in [3.05, 3.63) is 107 Å². The van der Waals surface area contributed by atoms with Crippen molar-refractivity contribution < 1.29 is 109 Å². The van der Waals surface area contributed by atoms with Crippen molar-refractivity contribution in [3.63, 3.8) is 0 Å². The van der Waals surface area contributed by atoms with Crippen LogP contribution in [0.3, 0.4) is 0 Å². The fourth-order valence-corrected chi connectivity index (χ4v) is 7.36. The van der Waals surface area contributed by atoms with Gasteiger partial charge in [-0.25, -0.2) is 4.79 Å². The molecule has 14 N–H and O–H groups in total. The highest BCUT2D eigenvalue weighted by Crippen LogP contribution is 2.40. The van der Waals surface area contributed by atoms with Crippen LogP contribution in [0.1, 0.15) is 11.1 Å². The molecule has 1 aliphatic carbocycles. The summed E-state index contributed by atoms with van der Waals surface area (Å²) in [5.74, 6) is -1.78. The van der Waals surface area contributed by atoms with Crippen LogP contribution in [0.25, 0.3) is 11.8 Å². The number of carbonyl (C=O) groups excluding carboxylic acids is 1. The molecule has 0 aromatic heterocycles. The third-order valence-corrected chi connectivity index (χ3v) is 11.0. The molecule has 348 valence electrons. The Morgan fingerprint density at radius 3 is 1.83 bits per heavy atom. The lowest BCUT2D eigenvalue weighted by Crippen LogP contribution is -2.64. The number of phenolic OH excluding ortho intramolecular Hbond substituents is 2. The number of aliphatic hydroxyl groups is 13. The van der Waals surface area contributed by atoms with E-state index in [4.69, 9.17) is 37.9 Å². The highest BCUT2D eigenvalue weighted by Gasteiger charge is 2.53. The monoisotopic (exact) mass is 905 g/mol. The minimum absolute atomic E-state index is 0.00405. The van der Waals surface area contributed by atoms with Gasteiger partial charge >= 0.3 is 11.7 Å². The van der Waals surface area contributed by atoms with Crippen LogP contribution in [0.15, 0.2) is 95.7 Å². The molecule has 16 atom stereocenters. The molecule has 4 heterocycles. The number of aliphatic hydroxyl groups excluding tert-OH is 11. The maximum Gasteiger partial charge on any atom is 0.330 e. The molecule has 0 spiro atoms. The maximum absolute atomic E-state index is 12.8. The summed E-state index contributed by atoms with van der Waals surface area (Å²) in [5, 5.41) is 136. The zero-order valence-electron chi connectivity index (χ0n) is 33.4. The number of esters is 1. The SMILES string of the molecule is O=C(/C=C/c1ccc(O)cc1)OC[C@H]1O[C@@H](OC2=C(c3ccc(O)cc3)[OH+]C3C=C(O)C=C(O[C@@H]4O[C@H](CO)[C@@H](O)[C@H](O)[C@H]4O)C3=C2)[C@H](O[C@@H]2O[C@H](CO)[C@@H](O)[C@H](O)[C@H]2O)[C@@H](O)[C@@H]1O. The van der Waals surface area contributed by atoms with E-state index in [0.717, 1.165) is 12.2 Å². The zero-order valence-corrected chi connectivity index (χ0v) is 33.4. The van der Waals surface area contributed by atoms with Crippen LogP contribution < -0.4 is 0 Å². The fraction of sp³-hybridized carbons (Fsp3) is 0.452. The van der Waals surface area contributed by atoms with E-state index in [0.29, 0.717) is 11.1 Å². The predicted molar refractivity (Wildman–Crippen MR) is 211 cm³/mol. The second kappa shape index (κ2) is 19.9. The Balaban J connectivity index is 1.23. The molecular weight excluding hydrogens is 856 g/mol. The van der Waals surface area contributed by atoms with E-state index in [2.05, 4.69) is 0 Å². The van der Waals surface area contributed by atoms with E-state index in [-0.39, 0.29) is 40.1 Å².